The van der Waals surface area contributed by atoms with E-state index >= 15 is 0 Å². The van der Waals surface area contributed by atoms with Gasteiger partial charge in [-0.1, -0.05) is 20.3 Å². The number of hydrogen-bond acceptors (Lipinski definition) is 2. The summed E-state index contributed by atoms with van der Waals surface area (Å²) in [6.45, 7) is 3.07. The molecular formula is C9H15FO4. The van der Waals surface area contributed by atoms with Crippen molar-refractivity contribution in [3.63, 3.8) is 0 Å². The molecule has 0 bridgehead atoms. The largest absolute Gasteiger partial charge is 0.481 e. The summed E-state index contributed by atoms with van der Waals surface area (Å²) < 4.78 is 13.2. The van der Waals surface area contributed by atoms with E-state index in [-0.39, 0.29) is 6.42 Å². The molecule has 0 aliphatic rings. The zero-order valence-corrected chi connectivity index (χ0v) is 8.24. The molecule has 0 saturated carbocycles. The van der Waals surface area contributed by atoms with Gasteiger partial charge in [-0.25, -0.2) is 4.39 Å². The molecule has 4 nitrogen and oxygen atoms in total. The minimum absolute atomic E-state index is 0.193. The third-order valence-corrected chi connectivity index (χ3v) is 2.19. The lowest BCUT2D eigenvalue weighted by molar-refractivity contribution is -0.158. The van der Waals surface area contributed by atoms with Gasteiger partial charge in [-0.3, -0.25) is 9.59 Å². The Kier molecular flexibility index (Phi) is 5.12. The van der Waals surface area contributed by atoms with Gasteiger partial charge in [0.1, 0.15) is 6.17 Å². The van der Waals surface area contributed by atoms with Crippen molar-refractivity contribution in [2.75, 3.05) is 0 Å². The second-order valence-electron chi connectivity index (χ2n) is 3.32. The fraction of sp³-hybridized carbons (Fsp3) is 0.778. The molecule has 0 amide bonds. The number of hydrogen-bond donors (Lipinski definition) is 2. The van der Waals surface area contributed by atoms with Gasteiger partial charge in [-0.05, 0) is 6.42 Å². The Morgan fingerprint density at radius 2 is 1.71 bits per heavy atom. The van der Waals surface area contributed by atoms with Crippen molar-refractivity contribution in [3.05, 3.63) is 0 Å². The topological polar surface area (TPSA) is 74.6 Å². The monoisotopic (exact) mass is 206 g/mol. The molecule has 82 valence electrons. The van der Waals surface area contributed by atoms with E-state index in [2.05, 4.69) is 0 Å². The van der Waals surface area contributed by atoms with Crippen LogP contribution in [-0.2, 0) is 9.59 Å². The molecule has 2 unspecified atom stereocenters. The molecule has 0 aliphatic heterocycles. The molecule has 0 fully saturated rings. The molecule has 2 atom stereocenters. The van der Waals surface area contributed by atoms with E-state index in [9.17, 15) is 14.0 Å². The Hall–Kier alpha value is -1.13. The minimum Gasteiger partial charge on any atom is -0.481 e. The normalized spacial score (nSPS) is 15.1. The molecule has 5 heteroatoms. The van der Waals surface area contributed by atoms with Crippen LogP contribution in [-0.4, -0.2) is 28.3 Å². The third-order valence-electron chi connectivity index (χ3n) is 2.19. The molecule has 0 spiro atoms. The predicted octanol–water partition coefficient (Wildman–Crippen LogP) is 1.55. The SMILES string of the molecule is CCCC(F)C(C)C(C(=O)O)C(=O)O. The molecule has 0 saturated heterocycles. The first kappa shape index (κ1) is 12.9. The van der Waals surface area contributed by atoms with Crippen molar-refractivity contribution < 1.29 is 24.2 Å². The quantitative estimate of drug-likeness (QED) is 0.646. The number of carboxylic acids is 2. The van der Waals surface area contributed by atoms with Crippen LogP contribution in [0.1, 0.15) is 26.7 Å². The highest BCUT2D eigenvalue weighted by Crippen LogP contribution is 2.22. The highest BCUT2D eigenvalue weighted by atomic mass is 19.1. The first-order chi connectivity index (χ1) is 6.41. The van der Waals surface area contributed by atoms with Crippen LogP contribution >= 0.6 is 0 Å². The molecule has 14 heavy (non-hydrogen) atoms. The maximum atomic E-state index is 13.2. The average molecular weight is 206 g/mol. The van der Waals surface area contributed by atoms with E-state index in [0.717, 1.165) is 0 Å². The Morgan fingerprint density at radius 1 is 1.29 bits per heavy atom. The summed E-state index contributed by atoms with van der Waals surface area (Å²) in [4.78, 5) is 21.1. The maximum Gasteiger partial charge on any atom is 0.318 e. The summed E-state index contributed by atoms with van der Waals surface area (Å²) >= 11 is 0. The highest BCUT2D eigenvalue weighted by molar-refractivity contribution is 5.93. The van der Waals surface area contributed by atoms with Gasteiger partial charge in [-0.2, -0.15) is 0 Å². The Morgan fingerprint density at radius 3 is 2.00 bits per heavy atom. The molecule has 2 N–H and O–H groups in total. The van der Waals surface area contributed by atoms with Crippen molar-refractivity contribution in [1.29, 1.82) is 0 Å². The van der Waals surface area contributed by atoms with Gasteiger partial charge in [0.2, 0.25) is 0 Å². The van der Waals surface area contributed by atoms with Gasteiger partial charge >= 0.3 is 11.9 Å². The smallest absolute Gasteiger partial charge is 0.318 e. The number of halogens is 1. The highest BCUT2D eigenvalue weighted by Gasteiger charge is 2.36. The van der Waals surface area contributed by atoms with Crippen molar-refractivity contribution in [2.45, 2.75) is 32.9 Å². The molecule has 0 rings (SSSR count). The van der Waals surface area contributed by atoms with Crippen LogP contribution in [0.15, 0.2) is 0 Å². The van der Waals surface area contributed by atoms with E-state index in [1.165, 1.54) is 6.92 Å². The van der Waals surface area contributed by atoms with Gasteiger partial charge < -0.3 is 10.2 Å². The number of aliphatic carboxylic acids is 2. The Labute approximate surface area is 81.7 Å². The fourth-order valence-electron chi connectivity index (χ4n) is 1.30. The molecule has 0 aromatic heterocycles. The van der Waals surface area contributed by atoms with Crippen molar-refractivity contribution in [3.8, 4) is 0 Å². The van der Waals surface area contributed by atoms with E-state index in [4.69, 9.17) is 10.2 Å². The van der Waals surface area contributed by atoms with Crippen LogP contribution < -0.4 is 0 Å². The number of alkyl halides is 1. The van der Waals surface area contributed by atoms with Crippen molar-refractivity contribution >= 4 is 11.9 Å². The summed E-state index contributed by atoms with van der Waals surface area (Å²) in [5.41, 5.74) is 0. The molecule has 0 radical (unpaired) electrons. The summed E-state index contributed by atoms with van der Waals surface area (Å²) in [5, 5.41) is 17.2. The van der Waals surface area contributed by atoms with Gasteiger partial charge in [0.15, 0.2) is 5.92 Å². The standard InChI is InChI=1S/C9H15FO4/c1-3-4-6(10)5(2)7(8(11)12)9(13)14/h5-7H,3-4H2,1-2H3,(H,11,12)(H,13,14). The van der Waals surface area contributed by atoms with Gasteiger partial charge in [0.25, 0.3) is 0 Å². The molecule has 0 heterocycles. The van der Waals surface area contributed by atoms with E-state index in [1.807, 2.05) is 0 Å². The van der Waals surface area contributed by atoms with Crippen molar-refractivity contribution in [2.24, 2.45) is 11.8 Å². The van der Waals surface area contributed by atoms with E-state index in [1.54, 1.807) is 6.92 Å². The van der Waals surface area contributed by atoms with E-state index < -0.39 is 29.9 Å². The van der Waals surface area contributed by atoms with E-state index in [0.29, 0.717) is 6.42 Å². The second-order valence-corrected chi connectivity index (χ2v) is 3.32. The Bertz CT molecular complexity index is 203. The zero-order chi connectivity index (χ0) is 11.3. The van der Waals surface area contributed by atoms with Gasteiger partial charge in [0, 0.05) is 5.92 Å². The average Bonchev–Trinajstić information content (AvgIpc) is 2.03. The van der Waals surface area contributed by atoms with Gasteiger partial charge in [0.05, 0.1) is 0 Å². The lowest BCUT2D eigenvalue weighted by atomic mass is 9.88. The zero-order valence-electron chi connectivity index (χ0n) is 8.24. The minimum atomic E-state index is -1.66. The second kappa shape index (κ2) is 5.57. The predicted molar refractivity (Wildman–Crippen MR) is 47.7 cm³/mol. The van der Waals surface area contributed by atoms with Gasteiger partial charge in [-0.15, -0.1) is 0 Å². The van der Waals surface area contributed by atoms with Crippen molar-refractivity contribution in [1.82, 2.24) is 0 Å². The third kappa shape index (κ3) is 3.32. The lowest BCUT2D eigenvalue weighted by Gasteiger charge is -2.19. The molecule has 0 aromatic carbocycles. The van der Waals surface area contributed by atoms with Crippen LogP contribution in [0.4, 0.5) is 4.39 Å². The lowest BCUT2D eigenvalue weighted by Crippen LogP contribution is -2.34. The summed E-state index contributed by atoms with van der Waals surface area (Å²) in [7, 11) is 0. The number of carboxylic acid groups (broad SMARTS) is 2. The van der Waals surface area contributed by atoms with Crippen LogP contribution in [0.5, 0.6) is 0 Å². The summed E-state index contributed by atoms with van der Waals surface area (Å²) in [6, 6.07) is 0. The molecular weight excluding hydrogens is 191 g/mol. The van der Waals surface area contributed by atoms with Crippen LogP contribution in [0.25, 0.3) is 0 Å². The first-order valence-electron chi connectivity index (χ1n) is 4.51. The maximum absolute atomic E-state index is 13.2. The first-order valence-corrected chi connectivity index (χ1v) is 4.51. The Balaban J connectivity index is 4.51. The van der Waals surface area contributed by atoms with Crippen LogP contribution in [0, 0.1) is 11.8 Å². The van der Waals surface area contributed by atoms with Crippen LogP contribution in [0.3, 0.4) is 0 Å². The fourth-order valence-corrected chi connectivity index (χ4v) is 1.30. The number of carbonyl (C=O) groups is 2. The molecule has 0 aliphatic carbocycles. The number of rotatable bonds is 6. The summed E-state index contributed by atoms with van der Waals surface area (Å²) in [6.07, 6.45) is -0.618. The van der Waals surface area contributed by atoms with Crippen LogP contribution in [0.2, 0.25) is 0 Å². The summed E-state index contributed by atoms with van der Waals surface area (Å²) in [5.74, 6) is -5.62. The molecule has 0 aromatic rings.